The molecule has 6 heteroatoms. The van der Waals surface area contributed by atoms with E-state index in [1.165, 1.54) is 12.1 Å². The van der Waals surface area contributed by atoms with Gasteiger partial charge in [0.05, 0.1) is 12.1 Å². The van der Waals surface area contributed by atoms with Crippen LogP contribution in [0, 0.1) is 5.82 Å². The minimum Gasteiger partial charge on any atom is -0.338 e. The molecule has 0 atom stereocenters. The highest BCUT2D eigenvalue weighted by Crippen LogP contribution is 2.25. The van der Waals surface area contributed by atoms with Crippen molar-refractivity contribution in [3.8, 4) is 0 Å². The number of fused-ring (bicyclic) bond motifs is 1. The van der Waals surface area contributed by atoms with Crippen molar-refractivity contribution in [1.82, 2.24) is 20.2 Å². The Morgan fingerprint density at radius 1 is 1.23 bits per heavy atom. The fraction of sp³-hybridized carbons (Fsp3) is 0.450. The Hall–Kier alpha value is -2.34. The lowest BCUT2D eigenvalue weighted by atomic mass is 9.96. The minimum atomic E-state index is -0.283. The lowest BCUT2D eigenvalue weighted by Crippen LogP contribution is -2.37. The van der Waals surface area contributed by atoms with Crippen LogP contribution < -0.4 is 5.32 Å². The molecule has 0 bridgehead atoms. The highest BCUT2D eigenvalue weighted by atomic mass is 19.1. The number of carbonyl (C=O) groups is 1. The molecule has 0 unspecified atom stereocenters. The van der Waals surface area contributed by atoms with Crippen LogP contribution in [-0.4, -0.2) is 40.4 Å². The average Bonchev–Trinajstić information content (AvgIpc) is 2.69. The Balaban J connectivity index is 1.42. The molecule has 26 heavy (non-hydrogen) atoms. The third kappa shape index (κ3) is 3.75. The number of hydrogen-bond acceptors (Lipinski definition) is 4. The number of aromatic nitrogens is 2. The summed E-state index contributed by atoms with van der Waals surface area (Å²) in [7, 11) is 0. The van der Waals surface area contributed by atoms with Gasteiger partial charge in [-0.1, -0.05) is 12.1 Å². The van der Waals surface area contributed by atoms with Gasteiger partial charge in [0.1, 0.15) is 11.6 Å². The summed E-state index contributed by atoms with van der Waals surface area (Å²) in [6.45, 7) is 3.28. The molecule has 0 radical (unpaired) electrons. The van der Waals surface area contributed by atoms with Crippen LogP contribution in [0.25, 0.3) is 0 Å². The fourth-order valence-corrected chi connectivity index (χ4v) is 3.71. The van der Waals surface area contributed by atoms with Gasteiger partial charge >= 0.3 is 0 Å². The largest absolute Gasteiger partial charge is 0.338 e. The van der Waals surface area contributed by atoms with Crippen LogP contribution in [0.1, 0.15) is 41.4 Å². The van der Waals surface area contributed by atoms with Gasteiger partial charge in [0.2, 0.25) is 5.91 Å². The van der Waals surface area contributed by atoms with E-state index in [9.17, 15) is 9.18 Å². The summed E-state index contributed by atoms with van der Waals surface area (Å²) < 4.78 is 13.0. The summed E-state index contributed by atoms with van der Waals surface area (Å²) in [5.74, 6) is 1.18. The van der Waals surface area contributed by atoms with Crippen molar-refractivity contribution in [3.05, 3.63) is 58.9 Å². The summed E-state index contributed by atoms with van der Waals surface area (Å²) in [5, 5.41) is 3.37. The molecule has 1 aromatic heterocycles. The summed E-state index contributed by atoms with van der Waals surface area (Å²) in [6, 6.07) is 6.12. The first-order valence-corrected chi connectivity index (χ1v) is 9.26. The van der Waals surface area contributed by atoms with Crippen molar-refractivity contribution in [2.45, 2.75) is 38.1 Å². The molecule has 1 N–H and O–H groups in total. The Morgan fingerprint density at radius 2 is 2.00 bits per heavy atom. The van der Waals surface area contributed by atoms with Crippen LogP contribution >= 0.6 is 0 Å². The zero-order chi connectivity index (χ0) is 17.9. The number of nitrogens with zero attached hydrogens (tertiary/aromatic N) is 3. The maximum Gasteiger partial charge on any atom is 0.227 e. The van der Waals surface area contributed by atoms with E-state index in [1.807, 2.05) is 11.1 Å². The smallest absolute Gasteiger partial charge is 0.227 e. The predicted molar refractivity (Wildman–Crippen MR) is 96.1 cm³/mol. The van der Waals surface area contributed by atoms with Crippen LogP contribution in [0.2, 0.25) is 0 Å². The lowest BCUT2D eigenvalue weighted by Gasteiger charge is -2.29. The van der Waals surface area contributed by atoms with E-state index in [1.54, 1.807) is 12.1 Å². The molecular formula is C20H23FN4O. The van der Waals surface area contributed by atoms with E-state index in [0.29, 0.717) is 25.4 Å². The van der Waals surface area contributed by atoms with Gasteiger partial charge in [-0.05, 0) is 43.6 Å². The first kappa shape index (κ1) is 17.1. The second kappa shape index (κ2) is 7.50. The van der Waals surface area contributed by atoms with E-state index >= 15 is 0 Å². The van der Waals surface area contributed by atoms with Crippen molar-refractivity contribution < 1.29 is 9.18 Å². The van der Waals surface area contributed by atoms with Crippen molar-refractivity contribution in [3.63, 3.8) is 0 Å². The van der Waals surface area contributed by atoms with Crippen molar-refractivity contribution >= 4 is 5.91 Å². The van der Waals surface area contributed by atoms with Gasteiger partial charge in [0, 0.05) is 37.2 Å². The molecule has 0 aliphatic carbocycles. The molecule has 1 aromatic carbocycles. The topological polar surface area (TPSA) is 58.1 Å². The van der Waals surface area contributed by atoms with Gasteiger partial charge in [0.25, 0.3) is 0 Å². The van der Waals surface area contributed by atoms with Crippen molar-refractivity contribution in [2.24, 2.45) is 0 Å². The quantitative estimate of drug-likeness (QED) is 0.918. The summed E-state index contributed by atoms with van der Waals surface area (Å²) in [4.78, 5) is 23.8. The second-order valence-corrected chi connectivity index (χ2v) is 7.09. The van der Waals surface area contributed by atoms with Crippen LogP contribution in [0.15, 0.2) is 30.5 Å². The highest BCUT2D eigenvalue weighted by molar-refractivity contribution is 5.79. The molecular weight excluding hydrogens is 331 g/mol. The zero-order valence-corrected chi connectivity index (χ0v) is 14.7. The zero-order valence-electron chi connectivity index (χ0n) is 14.7. The third-order valence-corrected chi connectivity index (χ3v) is 5.28. The first-order valence-electron chi connectivity index (χ1n) is 9.26. The SMILES string of the molecule is O=C(Cc1ccc(F)cc1)N1CCc2nc(C3CCNCC3)ncc2C1. The summed E-state index contributed by atoms with van der Waals surface area (Å²) >= 11 is 0. The van der Waals surface area contributed by atoms with Gasteiger partial charge in [-0.3, -0.25) is 4.79 Å². The number of benzene rings is 1. The minimum absolute atomic E-state index is 0.0599. The first-order chi connectivity index (χ1) is 12.7. The fourth-order valence-electron chi connectivity index (χ4n) is 3.71. The molecule has 0 saturated carbocycles. The molecule has 3 heterocycles. The second-order valence-electron chi connectivity index (χ2n) is 7.09. The molecule has 1 fully saturated rings. The maximum absolute atomic E-state index is 13.0. The van der Waals surface area contributed by atoms with Gasteiger partial charge in [-0.15, -0.1) is 0 Å². The van der Waals surface area contributed by atoms with Crippen LogP contribution in [0.3, 0.4) is 0 Å². The Morgan fingerprint density at radius 3 is 2.77 bits per heavy atom. The Bertz CT molecular complexity index is 787. The molecule has 5 nitrogen and oxygen atoms in total. The third-order valence-electron chi connectivity index (χ3n) is 5.28. The van der Waals surface area contributed by atoms with E-state index in [0.717, 1.165) is 55.0 Å². The van der Waals surface area contributed by atoms with E-state index in [2.05, 4.69) is 10.3 Å². The highest BCUT2D eigenvalue weighted by Gasteiger charge is 2.24. The summed E-state index contributed by atoms with van der Waals surface area (Å²) in [5.41, 5.74) is 2.96. The molecule has 2 aliphatic heterocycles. The standard InChI is InChI=1S/C20H23FN4O/c21-17-3-1-14(2-4-17)11-19(26)25-10-7-18-16(13-25)12-23-20(24-18)15-5-8-22-9-6-15/h1-4,12,15,22H,5-11,13H2. The van der Waals surface area contributed by atoms with Gasteiger partial charge in [-0.25, -0.2) is 14.4 Å². The normalized spacial score (nSPS) is 17.8. The predicted octanol–water partition coefficient (Wildman–Crippen LogP) is 2.21. The van der Waals surface area contributed by atoms with Crippen LogP contribution in [0.4, 0.5) is 4.39 Å². The molecule has 136 valence electrons. The van der Waals surface area contributed by atoms with Crippen LogP contribution in [0.5, 0.6) is 0 Å². The van der Waals surface area contributed by atoms with Gasteiger partial charge < -0.3 is 10.2 Å². The molecule has 2 aromatic rings. The Kier molecular flexibility index (Phi) is 4.93. The number of hydrogen-bond donors (Lipinski definition) is 1. The number of piperidine rings is 1. The number of nitrogens with one attached hydrogen (secondary N) is 1. The van der Waals surface area contributed by atoms with E-state index in [4.69, 9.17) is 4.98 Å². The lowest BCUT2D eigenvalue weighted by molar-refractivity contribution is -0.131. The number of halogens is 1. The molecule has 1 saturated heterocycles. The number of carbonyl (C=O) groups excluding carboxylic acids is 1. The molecule has 1 amide bonds. The van der Waals surface area contributed by atoms with Gasteiger partial charge in [0.15, 0.2) is 0 Å². The maximum atomic E-state index is 13.0. The Labute approximate surface area is 152 Å². The molecule has 4 rings (SSSR count). The number of rotatable bonds is 3. The van der Waals surface area contributed by atoms with E-state index < -0.39 is 0 Å². The average molecular weight is 354 g/mol. The molecule has 0 spiro atoms. The number of amides is 1. The van der Waals surface area contributed by atoms with Crippen LogP contribution in [-0.2, 0) is 24.2 Å². The summed E-state index contributed by atoms with van der Waals surface area (Å²) in [6.07, 6.45) is 5.13. The van der Waals surface area contributed by atoms with E-state index in [-0.39, 0.29) is 11.7 Å². The van der Waals surface area contributed by atoms with Crippen molar-refractivity contribution in [1.29, 1.82) is 0 Å². The monoisotopic (exact) mass is 354 g/mol. The molecule has 2 aliphatic rings. The van der Waals surface area contributed by atoms with Gasteiger partial charge in [-0.2, -0.15) is 0 Å². The van der Waals surface area contributed by atoms with Crippen molar-refractivity contribution in [2.75, 3.05) is 19.6 Å².